The Morgan fingerprint density at radius 1 is 1.19 bits per heavy atom. The molecule has 26 heavy (non-hydrogen) atoms. The standard InChI is InChI=1S/C23H26BrNO/c1-3-21(25-15-22(26)18-11-13-19(24)14-12-18)23-16(2)7-6-9-17-8-4-5-10-20(17)23/h3-5,8,10-14,16,23,25H,6-7,9,15H2,1-2H3. The number of ketones is 1. The zero-order valence-electron chi connectivity index (χ0n) is 15.5. The topological polar surface area (TPSA) is 29.1 Å². The maximum absolute atomic E-state index is 12.5. The first kappa shape index (κ1) is 18.9. The quantitative estimate of drug-likeness (QED) is 0.491. The van der Waals surface area contributed by atoms with Crippen LogP contribution in [0.5, 0.6) is 0 Å². The highest BCUT2D eigenvalue weighted by Crippen LogP contribution is 2.38. The van der Waals surface area contributed by atoms with Gasteiger partial charge in [-0.1, -0.05) is 65.3 Å². The number of fused-ring (bicyclic) bond motifs is 1. The van der Waals surface area contributed by atoms with E-state index in [2.05, 4.69) is 65.4 Å². The smallest absolute Gasteiger partial charge is 0.181 e. The van der Waals surface area contributed by atoms with E-state index < -0.39 is 0 Å². The van der Waals surface area contributed by atoms with E-state index in [1.165, 1.54) is 24.0 Å². The Morgan fingerprint density at radius 3 is 2.65 bits per heavy atom. The molecule has 0 amide bonds. The van der Waals surface area contributed by atoms with E-state index in [4.69, 9.17) is 0 Å². The van der Waals surface area contributed by atoms with Crippen LogP contribution in [0, 0.1) is 5.92 Å². The lowest BCUT2D eigenvalue weighted by molar-refractivity contribution is 0.0993. The highest BCUT2D eigenvalue weighted by atomic mass is 79.9. The maximum atomic E-state index is 12.5. The molecule has 2 unspecified atom stereocenters. The molecule has 1 aliphatic carbocycles. The average Bonchev–Trinajstić information content (AvgIpc) is 2.82. The SMILES string of the molecule is CC=C(NCC(=O)c1ccc(Br)cc1)C1c2ccccc2CCCC1C. The van der Waals surface area contributed by atoms with E-state index >= 15 is 0 Å². The van der Waals surface area contributed by atoms with Crippen LogP contribution in [-0.2, 0) is 6.42 Å². The van der Waals surface area contributed by atoms with E-state index in [-0.39, 0.29) is 5.78 Å². The molecule has 136 valence electrons. The Hall–Kier alpha value is -1.87. The van der Waals surface area contributed by atoms with Gasteiger partial charge in [0, 0.05) is 21.7 Å². The van der Waals surface area contributed by atoms with Crippen LogP contribution >= 0.6 is 15.9 Å². The van der Waals surface area contributed by atoms with Crippen molar-refractivity contribution in [1.82, 2.24) is 5.32 Å². The van der Waals surface area contributed by atoms with Crippen molar-refractivity contribution in [2.24, 2.45) is 5.92 Å². The molecule has 0 heterocycles. The fourth-order valence-electron chi connectivity index (χ4n) is 3.94. The lowest BCUT2D eigenvalue weighted by Crippen LogP contribution is -2.28. The van der Waals surface area contributed by atoms with Crippen molar-refractivity contribution in [3.8, 4) is 0 Å². The normalized spacial score (nSPS) is 20.2. The van der Waals surface area contributed by atoms with Gasteiger partial charge in [0.25, 0.3) is 0 Å². The Labute approximate surface area is 164 Å². The molecule has 2 aromatic carbocycles. The lowest BCUT2D eigenvalue weighted by Gasteiger charge is -2.27. The molecule has 0 spiro atoms. The minimum Gasteiger partial charge on any atom is -0.381 e. The molecule has 0 bridgehead atoms. The van der Waals surface area contributed by atoms with Gasteiger partial charge in [-0.05, 0) is 55.4 Å². The van der Waals surface area contributed by atoms with Gasteiger partial charge < -0.3 is 5.32 Å². The van der Waals surface area contributed by atoms with Crippen LogP contribution in [0.15, 0.2) is 64.8 Å². The van der Waals surface area contributed by atoms with Crippen LogP contribution in [0.25, 0.3) is 0 Å². The molecule has 3 rings (SSSR count). The molecule has 0 fully saturated rings. The van der Waals surface area contributed by atoms with E-state index in [1.807, 2.05) is 24.3 Å². The van der Waals surface area contributed by atoms with Crippen molar-refractivity contribution in [2.75, 3.05) is 6.54 Å². The summed E-state index contributed by atoms with van der Waals surface area (Å²) in [7, 11) is 0. The number of hydrogen-bond donors (Lipinski definition) is 1. The predicted molar refractivity (Wildman–Crippen MR) is 112 cm³/mol. The van der Waals surface area contributed by atoms with Gasteiger partial charge in [-0.15, -0.1) is 0 Å². The van der Waals surface area contributed by atoms with Gasteiger partial charge in [0.1, 0.15) is 0 Å². The number of benzene rings is 2. The maximum Gasteiger partial charge on any atom is 0.181 e. The molecular formula is C23H26BrNO. The zero-order valence-corrected chi connectivity index (χ0v) is 17.1. The molecule has 0 aromatic heterocycles. The first-order valence-electron chi connectivity index (χ1n) is 9.36. The Balaban J connectivity index is 1.78. The molecule has 2 aromatic rings. The highest BCUT2D eigenvalue weighted by molar-refractivity contribution is 9.10. The fraction of sp³-hybridized carbons (Fsp3) is 0.348. The number of Topliss-reactive ketones (excluding diaryl/α,β-unsaturated/α-hetero) is 1. The summed E-state index contributed by atoms with van der Waals surface area (Å²) in [6, 6.07) is 16.3. The van der Waals surface area contributed by atoms with Gasteiger partial charge >= 0.3 is 0 Å². The first-order chi connectivity index (χ1) is 12.6. The Bertz CT molecular complexity index is 794. The van der Waals surface area contributed by atoms with Crippen LogP contribution in [0.1, 0.15) is 54.1 Å². The molecule has 2 atom stereocenters. The van der Waals surface area contributed by atoms with E-state index in [0.29, 0.717) is 18.4 Å². The fourth-order valence-corrected chi connectivity index (χ4v) is 4.20. The Morgan fingerprint density at radius 2 is 1.92 bits per heavy atom. The summed E-state index contributed by atoms with van der Waals surface area (Å²) in [4.78, 5) is 12.5. The van der Waals surface area contributed by atoms with Crippen LogP contribution in [0.2, 0.25) is 0 Å². The second-order valence-electron chi connectivity index (χ2n) is 7.07. The molecular weight excluding hydrogens is 386 g/mol. The highest BCUT2D eigenvalue weighted by Gasteiger charge is 2.27. The second-order valence-corrected chi connectivity index (χ2v) is 7.99. The van der Waals surface area contributed by atoms with Crippen molar-refractivity contribution in [2.45, 2.75) is 39.0 Å². The summed E-state index contributed by atoms with van der Waals surface area (Å²) in [5.74, 6) is 1.00. The summed E-state index contributed by atoms with van der Waals surface area (Å²) in [5, 5.41) is 3.45. The van der Waals surface area contributed by atoms with Crippen LogP contribution in [0.3, 0.4) is 0 Å². The van der Waals surface area contributed by atoms with Crippen molar-refractivity contribution in [1.29, 1.82) is 0 Å². The van der Waals surface area contributed by atoms with Crippen molar-refractivity contribution < 1.29 is 4.79 Å². The summed E-state index contributed by atoms with van der Waals surface area (Å²) in [6.07, 6.45) is 5.71. The van der Waals surface area contributed by atoms with Gasteiger partial charge in [0.05, 0.1) is 6.54 Å². The molecule has 0 saturated carbocycles. The first-order valence-corrected chi connectivity index (χ1v) is 10.2. The van der Waals surface area contributed by atoms with Crippen LogP contribution in [0.4, 0.5) is 0 Å². The third-order valence-electron chi connectivity index (χ3n) is 5.33. The number of nitrogens with one attached hydrogen (secondary N) is 1. The van der Waals surface area contributed by atoms with Crippen LogP contribution < -0.4 is 5.32 Å². The number of rotatable bonds is 5. The van der Waals surface area contributed by atoms with Gasteiger partial charge in [0.15, 0.2) is 5.78 Å². The number of halogens is 1. The minimum absolute atomic E-state index is 0.117. The molecule has 0 saturated heterocycles. The minimum atomic E-state index is 0.117. The molecule has 3 heteroatoms. The predicted octanol–water partition coefficient (Wildman–Crippen LogP) is 5.88. The van der Waals surface area contributed by atoms with Gasteiger partial charge in [-0.25, -0.2) is 0 Å². The van der Waals surface area contributed by atoms with Crippen molar-refractivity contribution in [3.63, 3.8) is 0 Å². The van der Waals surface area contributed by atoms with Gasteiger partial charge in [-0.2, -0.15) is 0 Å². The number of hydrogen-bond acceptors (Lipinski definition) is 2. The summed E-state index contributed by atoms with van der Waals surface area (Å²) in [6.45, 7) is 4.72. The number of aryl methyl sites for hydroxylation is 1. The molecule has 1 N–H and O–H groups in total. The third kappa shape index (κ3) is 4.27. The van der Waals surface area contributed by atoms with Crippen LogP contribution in [-0.4, -0.2) is 12.3 Å². The van der Waals surface area contributed by atoms with E-state index in [0.717, 1.165) is 22.2 Å². The number of carbonyl (C=O) groups is 1. The van der Waals surface area contributed by atoms with Gasteiger partial charge in [-0.3, -0.25) is 4.79 Å². The molecule has 1 aliphatic rings. The largest absolute Gasteiger partial charge is 0.381 e. The summed E-state index contributed by atoms with van der Waals surface area (Å²) in [5.41, 5.74) is 4.76. The van der Waals surface area contributed by atoms with E-state index in [1.54, 1.807) is 0 Å². The summed E-state index contributed by atoms with van der Waals surface area (Å²) < 4.78 is 0.986. The Kier molecular flexibility index (Phi) is 6.31. The molecule has 0 aliphatic heterocycles. The lowest BCUT2D eigenvalue weighted by atomic mass is 9.82. The number of allylic oxidation sites excluding steroid dienone is 2. The number of carbonyl (C=O) groups excluding carboxylic acids is 1. The van der Waals surface area contributed by atoms with E-state index in [9.17, 15) is 4.79 Å². The van der Waals surface area contributed by atoms with Gasteiger partial charge in [0.2, 0.25) is 0 Å². The monoisotopic (exact) mass is 411 g/mol. The summed E-state index contributed by atoms with van der Waals surface area (Å²) >= 11 is 3.41. The molecule has 2 nitrogen and oxygen atoms in total. The third-order valence-corrected chi connectivity index (χ3v) is 5.86. The van der Waals surface area contributed by atoms with Crippen molar-refractivity contribution >= 4 is 21.7 Å². The molecule has 0 radical (unpaired) electrons. The average molecular weight is 412 g/mol. The zero-order chi connectivity index (χ0) is 18.5. The van der Waals surface area contributed by atoms with Crippen molar-refractivity contribution in [3.05, 3.63) is 81.5 Å². The second kappa shape index (κ2) is 8.68.